The highest BCUT2D eigenvalue weighted by Gasteiger charge is 2.16. The molecule has 0 fully saturated rings. The zero-order chi connectivity index (χ0) is 17.9. The fourth-order valence-electron chi connectivity index (χ4n) is 2.08. The lowest BCUT2D eigenvalue weighted by atomic mass is 10.2. The van der Waals surface area contributed by atoms with E-state index in [0.717, 1.165) is 0 Å². The number of hydrogen-bond donors (Lipinski definition) is 1. The van der Waals surface area contributed by atoms with Gasteiger partial charge in [-0.05, 0) is 35.9 Å². The highest BCUT2D eigenvalue weighted by molar-refractivity contribution is 7.88. The molecular weight excluding hydrogens is 369 g/mol. The van der Waals surface area contributed by atoms with Gasteiger partial charge < -0.3 is 4.42 Å². The highest BCUT2D eigenvalue weighted by Crippen LogP contribution is 2.19. The molecule has 1 heterocycles. The maximum absolute atomic E-state index is 12.9. The van der Waals surface area contributed by atoms with E-state index in [0.29, 0.717) is 16.1 Å². The molecule has 1 N–H and O–H groups in total. The number of sulfonamides is 1. The van der Waals surface area contributed by atoms with Crippen molar-refractivity contribution < 1.29 is 17.2 Å². The minimum absolute atomic E-state index is 0.0991. The topological polar surface area (TPSA) is 85.1 Å². The Balaban J connectivity index is 1.65. The molecule has 3 rings (SSSR count). The number of halogens is 2. The number of nitrogens with one attached hydrogen (secondary N) is 1. The van der Waals surface area contributed by atoms with Crippen LogP contribution in [0.15, 0.2) is 52.9 Å². The molecule has 0 aliphatic carbocycles. The molecule has 1 aromatic heterocycles. The molecule has 0 amide bonds. The molecule has 0 radical (unpaired) electrons. The van der Waals surface area contributed by atoms with E-state index in [1.165, 1.54) is 24.3 Å². The third kappa shape index (κ3) is 4.62. The van der Waals surface area contributed by atoms with Crippen LogP contribution in [-0.4, -0.2) is 18.6 Å². The summed E-state index contributed by atoms with van der Waals surface area (Å²) in [6.45, 7) is -0.152. The van der Waals surface area contributed by atoms with Crippen LogP contribution in [0.2, 0.25) is 5.02 Å². The Kier molecular flexibility index (Phi) is 5.12. The Morgan fingerprint density at radius 3 is 2.52 bits per heavy atom. The second kappa shape index (κ2) is 7.30. The maximum Gasteiger partial charge on any atom is 0.247 e. The van der Waals surface area contributed by atoms with Crippen molar-refractivity contribution in [3.63, 3.8) is 0 Å². The fourth-order valence-corrected chi connectivity index (χ4v) is 3.47. The Morgan fingerprint density at radius 1 is 1.08 bits per heavy atom. The molecule has 2 aromatic carbocycles. The number of hydrogen-bond acceptors (Lipinski definition) is 5. The first-order valence-electron chi connectivity index (χ1n) is 7.22. The van der Waals surface area contributed by atoms with Crippen molar-refractivity contribution in [2.45, 2.75) is 12.3 Å². The average Bonchev–Trinajstić information content (AvgIpc) is 3.05. The van der Waals surface area contributed by atoms with Gasteiger partial charge in [-0.3, -0.25) is 0 Å². The van der Waals surface area contributed by atoms with E-state index >= 15 is 0 Å². The van der Waals surface area contributed by atoms with Crippen LogP contribution in [-0.2, 0) is 22.3 Å². The van der Waals surface area contributed by atoms with E-state index in [-0.39, 0.29) is 29.9 Å². The Morgan fingerprint density at radius 2 is 1.80 bits per heavy atom. The molecular formula is C16H13ClFN3O3S. The zero-order valence-corrected chi connectivity index (χ0v) is 14.4. The van der Waals surface area contributed by atoms with E-state index < -0.39 is 10.0 Å². The van der Waals surface area contributed by atoms with Gasteiger partial charge in [0.2, 0.25) is 21.8 Å². The standard InChI is InChI=1S/C16H13ClFN3O3S/c17-14-4-2-1-3-12(14)10-25(22,23)19-9-15-20-21-16(24-15)11-5-7-13(18)8-6-11/h1-8,19H,9-10H2. The fraction of sp³-hybridized carbons (Fsp3) is 0.125. The summed E-state index contributed by atoms with van der Waals surface area (Å²) in [5.74, 6) is -0.357. The molecule has 130 valence electrons. The van der Waals surface area contributed by atoms with E-state index in [1.54, 1.807) is 24.3 Å². The smallest absolute Gasteiger partial charge is 0.247 e. The van der Waals surface area contributed by atoms with Gasteiger partial charge in [0, 0.05) is 10.6 Å². The summed E-state index contributed by atoms with van der Waals surface area (Å²) in [6, 6.07) is 12.2. The van der Waals surface area contributed by atoms with Gasteiger partial charge >= 0.3 is 0 Å². The van der Waals surface area contributed by atoms with Gasteiger partial charge in [-0.15, -0.1) is 10.2 Å². The molecule has 0 spiro atoms. The summed E-state index contributed by atoms with van der Waals surface area (Å²) >= 11 is 5.97. The quantitative estimate of drug-likeness (QED) is 0.709. The summed E-state index contributed by atoms with van der Waals surface area (Å²) in [5.41, 5.74) is 1.04. The molecule has 0 bridgehead atoms. The van der Waals surface area contributed by atoms with Gasteiger partial charge in [0.15, 0.2) is 0 Å². The molecule has 0 saturated heterocycles. The Labute approximate surface area is 148 Å². The second-order valence-corrected chi connectivity index (χ2v) is 7.39. The van der Waals surface area contributed by atoms with Crippen molar-refractivity contribution in [2.75, 3.05) is 0 Å². The van der Waals surface area contributed by atoms with Gasteiger partial charge in [-0.2, -0.15) is 0 Å². The van der Waals surface area contributed by atoms with Gasteiger partial charge in [0.05, 0.1) is 12.3 Å². The predicted octanol–water partition coefficient (Wildman–Crippen LogP) is 3.15. The monoisotopic (exact) mass is 381 g/mol. The lowest BCUT2D eigenvalue weighted by Gasteiger charge is -2.06. The SMILES string of the molecule is O=S(=O)(Cc1ccccc1Cl)NCc1nnc(-c2ccc(F)cc2)o1. The van der Waals surface area contributed by atoms with Crippen LogP contribution in [0.4, 0.5) is 4.39 Å². The molecule has 0 atom stereocenters. The first kappa shape index (κ1) is 17.5. The largest absolute Gasteiger partial charge is 0.419 e. The van der Waals surface area contributed by atoms with Gasteiger partial charge in [-0.25, -0.2) is 17.5 Å². The Hall–Kier alpha value is -2.29. The van der Waals surface area contributed by atoms with Crippen LogP contribution in [0.3, 0.4) is 0 Å². The highest BCUT2D eigenvalue weighted by atomic mass is 35.5. The van der Waals surface area contributed by atoms with Gasteiger partial charge in [0.25, 0.3) is 0 Å². The van der Waals surface area contributed by atoms with Crippen LogP contribution in [0.25, 0.3) is 11.5 Å². The molecule has 6 nitrogen and oxygen atoms in total. The van der Waals surface area contributed by atoms with Crippen molar-refractivity contribution in [2.24, 2.45) is 0 Å². The van der Waals surface area contributed by atoms with E-state index in [9.17, 15) is 12.8 Å². The van der Waals surface area contributed by atoms with E-state index in [4.69, 9.17) is 16.0 Å². The number of nitrogens with zero attached hydrogens (tertiary/aromatic N) is 2. The average molecular weight is 382 g/mol. The minimum Gasteiger partial charge on any atom is -0.419 e. The number of rotatable bonds is 6. The zero-order valence-electron chi connectivity index (χ0n) is 12.8. The lowest BCUT2D eigenvalue weighted by Crippen LogP contribution is -2.25. The van der Waals surface area contributed by atoms with Crippen molar-refractivity contribution in [1.82, 2.24) is 14.9 Å². The first-order valence-corrected chi connectivity index (χ1v) is 9.25. The predicted molar refractivity (Wildman–Crippen MR) is 90.6 cm³/mol. The van der Waals surface area contributed by atoms with Crippen molar-refractivity contribution >= 4 is 21.6 Å². The van der Waals surface area contributed by atoms with Crippen LogP contribution < -0.4 is 4.72 Å². The van der Waals surface area contributed by atoms with E-state index in [2.05, 4.69) is 14.9 Å². The molecule has 25 heavy (non-hydrogen) atoms. The molecule has 3 aromatic rings. The number of benzene rings is 2. The second-order valence-electron chi connectivity index (χ2n) is 5.18. The van der Waals surface area contributed by atoms with Crippen LogP contribution in [0, 0.1) is 5.82 Å². The van der Waals surface area contributed by atoms with Crippen LogP contribution in [0.5, 0.6) is 0 Å². The first-order chi connectivity index (χ1) is 11.9. The molecule has 0 aliphatic heterocycles. The lowest BCUT2D eigenvalue weighted by molar-refractivity contribution is 0.494. The molecule has 9 heteroatoms. The van der Waals surface area contributed by atoms with Crippen LogP contribution in [0.1, 0.15) is 11.5 Å². The summed E-state index contributed by atoms with van der Waals surface area (Å²) in [4.78, 5) is 0. The summed E-state index contributed by atoms with van der Waals surface area (Å²) in [6.07, 6.45) is 0. The van der Waals surface area contributed by atoms with Crippen molar-refractivity contribution in [3.8, 4) is 11.5 Å². The molecule has 0 aliphatic rings. The molecule has 0 unspecified atom stereocenters. The van der Waals surface area contributed by atoms with Crippen molar-refractivity contribution in [3.05, 3.63) is 70.8 Å². The summed E-state index contributed by atoms with van der Waals surface area (Å²) in [7, 11) is -3.63. The Bertz CT molecular complexity index is 974. The summed E-state index contributed by atoms with van der Waals surface area (Å²) in [5, 5.41) is 7.98. The van der Waals surface area contributed by atoms with Gasteiger partial charge in [-0.1, -0.05) is 29.8 Å². The van der Waals surface area contributed by atoms with Crippen molar-refractivity contribution in [1.29, 1.82) is 0 Å². The third-order valence-electron chi connectivity index (χ3n) is 3.30. The molecule has 0 saturated carbocycles. The van der Waals surface area contributed by atoms with Crippen LogP contribution >= 0.6 is 11.6 Å². The van der Waals surface area contributed by atoms with Gasteiger partial charge in [0.1, 0.15) is 5.82 Å². The summed E-state index contributed by atoms with van der Waals surface area (Å²) < 4.78 is 45.0. The number of aromatic nitrogens is 2. The normalized spacial score (nSPS) is 11.6. The maximum atomic E-state index is 12.9. The third-order valence-corrected chi connectivity index (χ3v) is 4.95. The minimum atomic E-state index is -3.63. The van der Waals surface area contributed by atoms with E-state index in [1.807, 2.05) is 0 Å².